The Morgan fingerprint density at radius 3 is 1.59 bits per heavy atom. The summed E-state index contributed by atoms with van der Waals surface area (Å²) < 4.78 is 11.0. The van der Waals surface area contributed by atoms with E-state index in [0.717, 1.165) is 75.3 Å². The van der Waals surface area contributed by atoms with E-state index in [9.17, 15) is 24.3 Å². The van der Waals surface area contributed by atoms with Crippen LogP contribution in [-0.4, -0.2) is 46.4 Å². The van der Waals surface area contributed by atoms with Gasteiger partial charge in [-0.05, 0) is 36.8 Å². The van der Waals surface area contributed by atoms with Gasteiger partial charge in [-0.2, -0.15) is 0 Å². The first-order valence-electron chi connectivity index (χ1n) is 18.8. The van der Waals surface area contributed by atoms with Gasteiger partial charge in [-0.1, -0.05) is 151 Å². The average Bonchev–Trinajstić information content (AvgIpc) is 3.11. The van der Waals surface area contributed by atoms with Crippen molar-refractivity contribution in [2.75, 3.05) is 6.54 Å². The predicted molar refractivity (Wildman–Crippen MR) is 194 cm³/mol. The molecule has 0 aliphatic heterocycles. The number of hydrogen-bond acceptors (Lipinski definition) is 6. The number of rotatable bonds is 29. The lowest BCUT2D eigenvalue weighted by Gasteiger charge is -2.30. The third-order valence-electron chi connectivity index (χ3n) is 8.84. The van der Waals surface area contributed by atoms with Gasteiger partial charge in [0.25, 0.3) is 0 Å². The van der Waals surface area contributed by atoms with Gasteiger partial charge >= 0.3 is 17.9 Å². The summed E-state index contributed by atoms with van der Waals surface area (Å²) >= 11 is 0. The van der Waals surface area contributed by atoms with Gasteiger partial charge in [0.2, 0.25) is 5.91 Å². The molecule has 0 radical (unpaired) electrons. The summed E-state index contributed by atoms with van der Waals surface area (Å²) in [5.74, 6) is -1.82. The first-order valence-corrected chi connectivity index (χ1v) is 18.8. The largest absolute Gasteiger partial charge is 0.481 e. The molecule has 49 heavy (non-hydrogen) atoms. The summed E-state index contributed by atoms with van der Waals surface area (Å²) in [7, 11) is 0. The van der Waals surface area contributed by atoms with Crippen LogP contribution in [0.3, 0.4) is 0 Å². The van der Waals surface area contributed by atoms with E-state index < -0.39 is 18.0 Å². The van der Waals surface area contributed by atoms with Gasteiger partial charge in [0.15, 0.2) is 0 Å². The second-order valence-electron chi connectivity index (χ2n) is 13.1. The Bertz CT molecular complexity index is 1170. The van der Waals surface area contributed by atoms with Crippen LogP contribution in [0.1, 0.15) is 146 Å². The summed E-state index contributed by atoms with van der Waals surface area (Å²) in [4.78, 5) is 52.0. The van der Waals surface area contributed by atoms with Crippen molar-refractivity contribution < 1.29 is 33.8 Å². The molecule has 2 aromatic carbocycles. The molecule has 0 aromatic heterocycles. The Hall–Kier alpha value is -3.68. The Morgan fingerprint density at radius 1 is 0.592 bits per heavy atom. The van der Waals surface area contributed by atoms with Crippen LogP contribution < -0.4 is 0 Å². The van der Waals surface area contributed by atoms with E-state index in [1.807, 2.05) is 60.7 Å². The molecule has 1 unspecified atom stereocenters. The molecule has 2 aromatic rings. The number of carbonyl (C=O) groups is 4. The Balaban J connectivity index is 1.79. The van der Waals surface area contributed by atoms with E-state index in [1.165, 1.54) is 32.1 Å². The van der Waals surface area contributed by atoms with Gasteiger partial charge in [0.1, 0.15) is 19.3 Å². The standard InChI is InChI=1S/C41H61NO7/c1-2-3-4-5-6-7-11-14-23-32-42(37(30-31-39(44)45)41(47)49-34-36-26-19-16-20-27-36)38(43)28-21-12-9-8-10-13-22-29-40(46)48-33-35-24-17-15-18-25-35/h15-20,24-27,37H,2-14,21-23,28-34H2,1H3,(H,44,45). The maximum atomic E-state index is 13.6. The van der Waals surface area contributed by atoms with Crippen LogP contribution in [-0.2, 0) is 41.9 Å². The minimum atomic E-state index is -1.000. The quantitative estimate of drug-likeness (QED) is 0.0673. The zero-order valence-electron chi connectivity index (χ0n) is 30.0. The third-order valence-corrected chi connectivity index (χ3v) is 8.84. The number of amides is 1. The smallest absolute Gasteiger partial charge is 0.329 e. The second-order valence-corrected chi connectivity index (χ2v) is 13.1. The van der Waals surface area contributed by atoms with Crippen LogP contribution in [0.15, 0.2) is 60.7 Å². The highest BCUT2D eigenvalue weighted by molar-refractivity contribution is 5.85. The molecule has 2 rings (SSSR count). The number of carboxylic acids is 1. The van der Waals surface area contributed by atoms with Crippen molar-refractivity contribution in [3.05, 3.63) is 71.8 Å². The zero-order valence-corrected chi connectivity index (χ0v) is 30.0. The second kappa shape index (κ2) is 27.2. The van der Waals surface area contributed by atoms with E-state index in [1.54, 1.807) is 4.90 Å². The molecule has 0 aliphatic carbocycles. The van der Waals surface area contributed by atoms with Crippen LogP contribution in [0.25, 0.3) is 0 Å². The Labute approximate surface area is 294 Å². The number of unbranched alkanes of at least 4 members (excludes halogenated alkanes) is 14. The Morgan fingerprint density at radius 2 is 1.06 bits per heavy atom. The third kappa shape index (κ3) is 20.4. The van der Waals surface area contributed by atoms with Crippen LogP contribution in [0.2, 0.25) is 0 Å². The SMILES string of the molecule is CCCCCCCCCCCN(C(=O)CCCCCCCCCC(=O)OCc1ccccc1)C(CCC(=O)O)C(=O)OCc1ccccc1. The first-order chi connectivity index (χ1) is 23.9. The summed E-state index contributed by atoms with van der Waals surface area (Å²) in [6, 6.07) is 18.1. The molecule has 0 saturated heterocycles. The first kappa shape index (κ1) is 41.5. The summed E-state index contributed by atoms with van der Waals surface area (Å²) in [5, 5.41) is 9.42. The fourth-order valence-corrected chi connectivity index (χ4v) is 5.92. The number of ether oxygens (including phenoxy) is 2. The van der Waals surface area contributed by atoms with E-state index in [2.05, 4.69) is 6.92 Å². The lowest BCUT2D eigenvalue weighted by atomic mass is 10.0. The van der Waals surface area contributed by atoms with Gasteiger partial charge in [0, 0.05) is 25.8 Å². The van der Waals surface area contributed by atoms with E-state index in [-0.39, 0.29) is 31.3 Å². The molecular formula is C41H61NO7. The van der Waals surface area contributed by atoms with Crippen molar-refractivity contribution in [1.29, 1.82) is 0 Å². The lowest BCUT2D eigenvalue weighted by Crippen LogP contribution is -2.46. The number of carbonyl (C=O) groups excluding carboxylic acids is 3. The van der Waals surface area contributed by atoms with E-state index >= 15 is 0 Å². The van der Waals surface area contributed by atoms with E-state index in [0.29, 0.717) is 32.4 Å². The van der Waals surface area contributed by atoms with Crippen molar-refractivity contribution in [3.8, 4) is 0 Å². The van der Waals surface area contributed by atoms with Crippen molar-refractivity contribution in [2.45, 2.75) is 155 Å². The monoisotopic (exact) mass is 679 g/mol. The van der Waals surface area contributed by atoms with Crippen molar-refractivity contribution >= 4 is 23.8 Å². The fourth-order valence-electron chi connectivity index (χ4n) is 5.92. The zero-order chi connectivity index (χ0) is 35.4. The summed E-state index contributed by atoms with van der Waals surface area (Å²) in [6.07, 6.45) is 17.2. The molecule has 1 amide bonds. The van der Waals surface area contributed by atoms with Crippen molar-refractivity contribution in [2.24, 2.45) is 0 Å². The molecule has 8 heteroatoms. The van der Waals surface area contributed by atoms with Crippen molar-refractivity contribution in [3.63, 3.8) is 0 Å². The highest BCUT2D eigenvalue weighted by Crippen LogP contribution is 2.18. The van der Waals surface area contributed by atoms with Crippen LogP contribution in [0.5, 0.6) is 0 Å². The molecule has 1 N–H and O–H groups in total. The number of benzene rings is 2. The van der Waals surface area contributed by atoms with Gasteiger partial charge in [-0.25, -0.2) is 4.79 Å². The topological polar surface area (TPSA) is 110 Å². The minimum Gasteiger partial charge on any atom is -0.481 e. The van der Waals surface area contributed by atoms with Crippen LogP contribution in [0, 0.1) is 0 Å². The molecule has 0 bridgehead atoms. The number of esters is 2. The minimum absolute atomic E-state index is 0.0337. The van der Waals surface area contributed by atoms with Crippen LogP contribution >= 0.6 is 0 Å². The number of carboxylic acid groups (broad SMARTS) is 1. The molecular weight excluding hydrogens is 618 g/mol. The maximum absolute atomic E-state index is 13.6. The predicted octanol–water partition coefficient (Wildman–Crippen LogP) is 9.58. The summed E-state index contributed by atoms with van der Waals surface area (Å²) in [5.41, 5.74) is 1.83. The average molecular weight is 680 g/mol. The van der Waals surface area contributed by atoms with Gasteiger partial charge < -0.3 is 19.5 Å². The fraction of sp³-hybridized carbons (Fsp3) is 0.610. The molecule has 1 atom stereocenters. The molecule has 0 fully saturated rings. The molecule has 0 saturated carbocycles. The molecule has 272 valence electrons. The normalized spacial score (nSPS) is 11.5. The molecule has 8 nitrogen and oxygen atoms in total. The number of aliphatic carboxylic acids is 1. The van der Waals surface area contributed by atoms with Crippen LogP contribution in [0.4, 0.5) is 0 Å². The molecule has 0 heterocycles. The lowest BCUT2D eigenvalue weighted by molar-refractivity contribution is -0.157. The molecule has 0 spiro atoms. The maximum Gasteiger partial charge on any atom is 0.329 e. The molecule has 0 aliphatic rings. The van der Waals surface area contributed by atoms with E-state index in [4.69, 9.17) is 9.47 Å². The van der Waals surface area contributed by atoms with Crippen molar-refractivity contribution in [1.82, 2.24) is 4.90 Å². The highest BCUT2D eigenvalue weighted by Gasteiger charge is 2.31. The number of nitrogens with zero attached hydrogens (tertiary/aromatic N) is 1. The van der Waals surface area contributed by atoms with Gasteiger partial charge in [-0.3, -0.25) is 14.4 Å². The Kier molecular flexibility index (Phi) is 23.0. The van der Waals surface area contributed by atoms with Gasteiger partial charge in [0.05, 0.1) is 0 Å². The summed E-state index contributed by atoms with van der Waals surface area (Å²) in [6.45, 7) is 3.03. The highest BCUT2D eigenvalue weighted by atomic mass is 16.5. The van der Waals surface area contributed by atoms with Gasteiger partial charge in [-0.15, -0.1) is 0 Å². The number of hydrogen-bond donors (Lipinski definition) is 1.